The zero-order valence-corrected chi connectivity index (χ0v) is 8.09. The summed E-state index contributed by atoms with van der Waals surface area (Å²) in [4.78, 5) is 0. The van der Waals surface area contributed by atoms with Crippen LogP contribution in [0.5, 0.6) is 0 Å². The number of halogens is 1. The van der Waals surface area contributed by atoms with E-state index in [1.807, 2.05) is 0 Å². The van der Waals surface area contributed by atoms with Gasteiger partial charge in [0.05, 0.1) is 0 Å². The van der Waals surface area contributed by atoms with Gasteiger partial charge in [-0.1, -0.05) is 12.5 Å². The van der Waals surface area contributed by atoms with Gasteiger partial charge in [0.15, 0.2) is 0 Å². The maximum Gasteiger partial charge on any atom is 0.130 e. The Balaban J connectivity index is 2.29. The lowest BCUT2D eigenvalue weighted by molar-refractivity contribution is 0.401. The van der Waals surface area contributed by atoms with E-state index in [0.717, 1.165) is 19.4 Å². The van der Waals surface area contributed by atoms with E-state index in [4.69, 9.17) is 5.73 Å². The van der Waals surface area contributed by atoms with Crippen molar-refractivity contribution < 1.29 is 4.39 Å². The molecule has 2 nitrogen and oxygen atoms in total. The van der Waals surface area contributed by atoms with Gasteiger partial charge in [-0.3, -0.25) is 0 Å². The van der Waals surface area contributed by atoms with E-state index in [9.17, 15) is 4.39 Å². The second kappa shape index (κ2) is 3.96. The molecule has 1 atom stereocenters. The first-order chi connectivity index (χ1) is 6.79. The minimum absolute atomic E-state index is 0.102. The van der Waals surface area contributed by atoms with Gasteiger partial charge in [-0.25, -0.2) is 4.39 Å². The van der Waals surface area contributed by atoms with Crippen LogP contribution in [0.4, 0.5) is 10.1 Å². The van der Waals surface area contributed by atoms with Crippen molar-refractivity contribution in [2.75, 3.05) is 12.3 Å². The fourth-order valence-corrected chi connectivity index (χ4v) is 2.02. The molecule has 1 heterocycles. The molecule has 0 bridgehead atoms. The highest BCUT2D eigenvalue weighted by Crippen LogP contribution is 2.29. The summed E-state index contributed by atoms with van der Waals surface area (Å²) in [7, 11) is 0. The lowest BCUT2D eigenvalue weighted by atomic mass is 9.96. The van der Waals surface area contributed by atoms with Crippen molar-refractivity contribution in [3.63, 3.8) is 0 Å². The molecule has 14 heavy (non-hydrogen) atoms. The normalized spacial score (nSPS) is 22.2. The summed E-state index contributed by atoms with van der Waals surface area (Å²) in [5.74, 6) is -0.190. The van der Waals surface area contributed by atoms with E-state index in [0.29, 0.717) is 11.3 Å². The van der Waals surface area contributed by atoms with E-state index < -0.39 is 0 Å². The van der Waals surface area contributed by atoms with Crippen LogP contribution in [0.2, 0.25) is 0 Å². The van der Waals surface area contributed by atoms with Gasteiger partial charge in [0.1, 0.15) is 5.82 Å². The predicted molar refractivity (Wildman–Crippen MR) is 55.4 cm³/mol. The molecule has 0 aromatic heterocycles. The third-order valence-corrected chi connectivity index (χ3v) is 2.75. The first kappa shape index (κ1) is 9.46. The van der Waals surface area contributed by atoms with Gasteiger partial charge in [0.25, 0.3) is 0 Å². The molecule has 2 rings (SSSR count). The Morgan fingerprint density at radius 1 is 1.36 bits per heavy atom. The minimum Gasteiger partial charge on any atom is -0.398 e. The molecule has 3 heteroatoms. The first-order valence-electron chi connectivity index (χ1n) is 5.06. The fraction of sp³-hybridized carbons (Fsp3) is 0.455. The Labute approximate surface area is 83.3 Å². The zero-order chi connectivity index (χ0) is 9.97. The molecule has 0 unspecified atom stereocenters. The zero-order valence-electron chi connectivity index (χ0n) is 8.09. The van der Waals surface area contributed by atoms with Crippen LogP contribution in [-0.4, -0.2) is 6.54 Å². The number of piperidine rings is 1. The smallest absolute Gasteiger partial charge is 0.130 e. The summed E-state index contributed by atoms with van der Waals surface area (Å²) < 4.78 is 13.5. The Kier molecular flexibility index (Phi) is 2.68. The van der Waals surface area contributed by atoms with Crippen LogP contribution in [0.1, 0.15) is 30.9 Å². The van der Waals surface area contributed by atoms with Crippen molar-refractivity contribution in [2.45, 2.75) is 25.3 Å². The van der Waals surface area contributed by atoms with Crippen LogP contribution in [0.15, 0.2) is 18.2 Å². The van der Waals surface area contributed by atoms with E-state index in [-0.39, 0.29) is 11.9 Å². The minimum atomic E-state index is -0.190. The first-order valence-corrected chi connectivity index (χ1v) is 5.06. The van der Waals surface area contributed by atoms with E-state index in [1.54, 1.807) is 12.1 Å². The van der Waals surface area contributed by atoms with Crippen molar-refractivity contribution in [2.24, 2.45) is 0 Å². The monoisotopic (exact) mass is 194 g/mol. The van der Waals surface area contributed by atoms with Crippen LogP contribution < -0.4 is 11.1 Å². The van der Waals surface area contributed by atoms with Gasteiger partial charge in [-0.15, -0.1) is 0 Å². The molecule has 1 aromatic carbocycles. The second-order valence-corrected chi connectivity index (χ2v) is 3.75. The molecule has 0 aliphatic carbocycles. The van der Waals surface area contributed by atoms with E-state index >= 15 is 0 Å². The molecule has 1 fully saturated rings. The summed E-state index contributed by atoms with van der Waals surface area (Å²) in [6.07, 6.45) is 3.29. The molecule has 0 saturated carbocycles. The van der Waals surface area contributed by atoms with Crippen molar-refractivity contribution in [3.05, 3.63) is 29.6 Å². The van der Waals surface area contributed by atoms with Crippen LogP contribution in [0.25, 0.3) is 0 Å². The standard InChI is InChI=1S/C11H15FN2/c12-8-4-3-5-9(13)11(8)10-6-1-2-7-14-10/h3-5,10,14H,1-2,6-7,13H2/t10-/m0/s1. The molecule has 1 aromatic rings. The molecule has 1 aliphatic rings. The number of nitrogens with one attached hydrogen (secondary N) is 1. The number of hydrogen-bond donors (Lipinski definition) is 2. The molecule has 1 saturated heterocycles. The number of benzene rings is 1. The van der Waals surface area contributed by atoms with Gasteiger partial charge >= 0.3 is 0 Å². The van der Waals surface area contributed by atoms with Crippen LogP contribution in [-0.2, 0) is 0 Å². The van der Waals surface area contributed by atoms with E-state index in [2.05, 4.69) is 5.32 Å². The quantitative estimate of drug-likeness (QED) is 0.673. The third-order valence-electron chi connectivity index (χ3n) is 2.75. The largest absolute Gasteiger partial charge is 0.398 e. The summed E-state index contributed by atoms with van der Waals surface area (Å²) in [6.45, 7) is 0.957. The molecular formula is C11H15FN2. The number of nitrogens with two attached hydrogens (primary N) is 1. The maximum atomic E-state index is 13.5. The Morgan fingerprint density at radius 2 is 2.21 bits per heavy atom. The van der Waals surface area contributed by atoms with Gasteiger partial charge in [-0.05, 0) is 31.5 Å². The highest BCUT2D eigenvalue weighted by molar-refractivity contribution is 5.49. The van der Waals surface area contributed by atoms with Crippen LogP contribution >= 0.6 is 0 Å². The topological polar surface area (TPSA) is 38.0 Å². The van der Waals surface area contributed by atoms with Gasteiger partial charge in [0.2, 0.25) is 0 Å². The Morgan fingerprint density at radius 3 is 2.86 bits per heavy atom. The SMILES string of the molecule is Nc1cccc(F)c1[C@@H]1CCCCN1. The lowest BCUT2D eigenvalue weighted by Gasteiger charge is -2.25. The molecule has 0 amide bonds. The van der Waals surface area contributed by atoms with Gasteiger partial charge < -0.3 is 11.1 Å². The average Bonchev–Trinajstić information content (AvgIpc) is 2.19. The maximum absolute atomic E-state index is 13.5. The van der Waals surface area contributed by atoms with Gasteiger partial charge in [-0.2, -0.15) is 0 Å². The van der Waals surface area contributed by atoms with E-state index in [1.165, 1.54) is 12.5 Å². The third kappa shape index (κ3) is 1.73. The van der Waals surface area contributed by atoms with Crippen molar-refractivity contribution in [1.82, 2.24) is 5.32 Å². The lowest BCUT2D eigenvalue weighted by Crippen LogP contribution is -2.28. The molecule has 1 aliphatic heterocycles. The highest BCUT2D eigenvalue weighted by Gasteiger charge is 2.19. The molecule has 76 valence electrons. The summed E-state index contributed by atoms with van der Waals surface area (Å²) in [5, 5.41) is 3.30. The summed E-state index contributed by atoms with van der Waals surface area (Å²) in [5.41, 5.74) is 6.98. The van der Waals surface area contributed by atoms with Gasteiger partial charge in [0, 0.05) is 17.3 Å². The fourth-order valence-electron chi connectivity index (χ4n) is 2.02. The van der Waals surface area contributed by atoms with Crippen molar-refractivity contribution in [3.8, 4) is 0 Å². The number of anilines is 1. The van der Waals surface area contributed by atoms with Crippen LogP contribution in [0, 0.1) is 5.82 Å². The van der Waals surface area contributed by atoms with Crippen LogP contribution in [0.3, 0.4) is 0 Å². The van der Waals surface area contributed by atoms with Crippen molar-refractivity contribution in [1.29, 1.82) is 0 Å². The summed E-state index contributed by atoms with van der Waals surface area (Å²) in [6, 6.07) is 4.98. The predicted octanol–water partition coefficient (Wildman–Crippen LogP) is 2.22. The molecule has 3 N–H and O–H groups in total. The second-order valence-electron chi connectivity index (χ2n) is 3.75. The Bertz CT molecular complexity index is 299. The summed E-state index contributed by atoms with van der Waals surface area (Å²) >= 11 is 0. The number of hydrogen-bond acceptors (Lipinski definition) is 2. The number of rotatable bonds is 1. The Hall–Kier alpha value is -1.09. The molecule has 0 spiro atoms. The molecular weight excluding hydrogens is 179 g/mol. The molecule has 0 radical (unpaired) electrons. The van der Waals surface area contributed by atoms with Crippen molar-refractivity contribution >= 4 is 5.69 Å². The average molecular weight is 194 g/mol. The number of nitrogen functional groups attached to an aromatic ring is 1. The highest BCUT2D eigenvalue weighted by atomic mass is 19.1.